The van der Waals surface area contributed by atoms with Crippen LogP contribution < -0.4 is 0 Å². The van der Waals surface area contributed by atoms with E-state index in [1.807, 2.05) is 14.0 Å². The van der Waals surface area contributed by atoms with Crippen LogP contribution in [0.2, 0.25) is 0 Å². The molecule has 0 radical (unpaired) electrons. The van der Waals surface area contributed by atoms with Gasteiger partial charge in [0.1, 0.15) is 5.69 Å². The SMILES string of the molecule is Cc1cnc(C(=O)N(C)C(C)C2CC2)cn1. The van der Waals surface area contributed by atoms with Crippen molar-refractivity contribution in [3.63, 3.8) is 0 Å². The van der Waals surface area contributed by atoms with E-state index in [2.05, 4.69) is 16.9 Å². The lowest BCUT2D eigenvalue weighted by Crippen LogP contribution is -2.36. The normalized spacial score (nSPS) is 16.9. The van der Waals surface area contributed by atoms with Gasteiger partial charge in [0.2, 0.25) is 0 Å². The Kier molecular flexibility index (Phi) is 2.90. The zero-order valence-electron chi connectivity index (χ0n) is 9.97. The van der Waals surface area contributed by atoms with E-state index in [1.54, 1.807) is 17.3 Å². The van der Waals surface area contributed by atoms with E-state index < -0.39 is 0 Å². The van der Waals surface area contributed by atoms with Gasteiger partial charge in [-0.2, -0.15) is 0 Å². The lowest BCUT2D eigenvalue weighted by molar-refractivity contribution is 0.0721. The molecule has 16 heavy (non-hydrogen) atoms. The summed E-state index contributed by atoms with van der Waals surface area (Å²) in [7, 11) is 1.84. The molecule has 0 saturated heterocycles. The highest BCUT2D eigenvalue weighted by Gasteiger charge is 2.33. The largest absolute Gasteiger partial charge is 0.337 e. The number of nitrogens with zero attached hydrogens (tertiary/aromatic N) is 3. The van der Waals surface area contributed by atoms with Crippen LogP contribution in [0.3, 0.4) is 0 Å². The molecule has 4 heteroatoms. The zero-order chi connectivity index (χ0) is 11.7. The third-order valence-electron chi connectivity index (χ3n) is 3.24. The Labute approximate surface area is 95.7 Å². The molecule has 1 aliphatic rings. The minimum atomic E-state index is -0.0353. The van der Waals surface area contributed by atoms with Gasteiger partial charge in [-0.1, -0.05) is 0 Å². The number of hydrogen-bond donors (Lipinski definition) is 0. The summed E-state index contributed by atoms with van der Waals surface area (Å²) in [6.07, 6.45) is 5.65. The number of aromatic nitrogens is 2. The molecule has 86 valence electrons. The van der Waals surface area contributed by atoms with Crippen LogP contribution >= 0.6 is 0 Å². The highest BCUT2D eigenvalue weighted by Crippen LogP contribution is 2.34. The Morgan fingerprint density at radius 2 is 2.12 bits per heavy atom. The number of hydrogen-bond acceptors (Lipinski definition) is 3. The summed E-state index contributed by atoms with van der Waals surface area (Å²) >= 11 is 0. The monoisotopic (exact) mass is 219 g/mol. The molecule has 0 N–H and O–H groups in total. The van der Waals surface area contributed by atoms with Gasteiger partial charge in [0.25, 0.3) is 5.91 Å². The third kappa shape index (κ3) is 2.21. The molecule has 1 unspecified atom stereocenters. The Morgan fingerprint density at radius 1 is 1.44 bits per heavy atom. The molecule has 1 aromatic rings. The summed E-state index contributed by atoms with van der Waals surface area (Å²) in [4.78, 5) is 22.0. The van der Waals surface area contributed by atoms with Crippen molar-refractivity contribution in [2.24, 2.45) is 5.92 Å². The number of carbonyl (C=O) groups is 1. The average molecular weight is 219 g/mol. The van der Waals surface area contributed by atoms with Gasteiger partial charge < -0.3 is 4.90 Å². The van der Waals surface area contributed by atoms with E-state index in [-0.39, 0.29) is 5.91 Å². The second-order valence-corrected chi connectivity index (χ2v) is 4.54. The molecule has 4 nitrogen and oxygen atoms in total. The van der Waals surface area contributed by atoms with Crippen LogP contribution in [0.15, 0.2) is 12.4 Å². The molecule has 1 aliphatic carbocycles. The molecular formula is C12H17N3O. The van der Waals surface area contributed by atoms with Crippen LogP contribution in [0.4, 0.5) is 0 Å². The first-order chi connectivity index (χ1) is 7.59. The third-order valence-corrected chi connectivity index (χ3v) is 3.24. The second kappa shape index (κ2) is 4.20. The standard InChI is InChI=1S/C12H17N3O/c1-8-6-14-11(7-13-8)12(16)15(3)9(2)10-4-5-10/h6-7,9-10H,4-5H2,1-3H3. The molecule has 2 rings (SSSR count). The second-order valence-electron chi connectivity index (χ2n) is 4.54. The van der Waals surface area contributed by atoms with Crippen molar-refractivity contribution in [2.45, 2.75) is 32.7 Å². The minimum absolute atomic E-state index is 0.0353. The molecule has 1 saturated carbocycles. The number of carbonyl (C=O) groups excluding carboxylic acids is 1. The zero-order valence-corrected chi connectivity index (χ0v) is 9.97. The summed E-state index contributed by atoms with van der Waals surface area (Å²) in [6, 6.07) is 0.301. The maximum absolute atomic E-state index is 12.1. The summed E-state index contributed by atoms with van der Waals surface area (Å²) in [5.41, 5.74) is 1.26. The fraction of sp³-hybridized carbons (Fsp3) is 0.583. The fourth-order valence-electron chi connectivity index (χ4n) is 1.76. The van der Waals surface area contributed by atoms with E-state index in [0.29, 0.717) is 17.7 Å². The van der Waals surface area contributed by atoms with E-state index in [9.17, 15) is 4.79 Å². The first kappa shape index (κ1) is 11.0. The molecule has 0 aliphatic heterocycles. The first-order valence-electron chi connectivity index (χ1n) is 5.65. The summed E-state index contributed by atoms with van der Waals surface area (Å²) < 4.78 is 0. The number of amides is 1. The summed E-state index contributed by atoms with van der Waals surface area (Å²) in [5, 5.41) is 0. The fourth-order valence-corrected chi connectivity index (χ4v) is 1.76. The number of rotatable bonds is 3. The predicted molar refractivity (Wildman–Crippen MR) is 61.0 cm³/mol. The molecule has 1 aromatic heterocycles. The Hall–Kier alpha value is -1.45. The van der Waals surface area contributed by atoms with E-state index in [1.165, 1.54) is 12.8 Å². The maximum Gasteiger partial charge on any atom is 0.274 e. The van der Waals surface area contributed by atoms with Crippen molar-refractivity contribution in [3.8, 4) is 0 Å². The highest BCUT2D eigenvalue weighted by atomic mass is 16.2. The van der Waals surface area contributed by atoms with E-state index in [4.69, 9.17) is 0 Å². The smallest absolute Gasteiger partial charge is 0.274 e. The van der Waals surface area contributed by atoms with Crippen molar-refractivity contribution >= 4 is 5.91 Å². The van der Waals surface area contributed by atoms with Crippen LogP contribution in [0.25, 0.3) is 0 Å². The van der Waals surface area contributed by atoms with Gasteiger partial charge in [-0.15, -0.1) is 0 Å². The lowest BCUT2D eigenvalue weighted by Gasteiger charge is -2.24. The van der Waals surface area contributed by atoms with Gasteiger partial charge in [0, 0.05) is 19.3 Å². The van der Waals surface area contributed by atoms with Gasteiger partial charge in [-0.3, -0.25) is 9.78 Å². The van der Waals surface area contributed by atoms with Crippen molar-refractivity contribution in [1.29, 1.82) is 0 Å². The number of aryl methyl sites for hydroxylation is 1. The summed E-state index contributed by atoms with van der Waals surface area (Å²) in [6.45, 7) is 3.95. The van der Waals surface area contributed by atoms with Gasteiger partial charge in [0.15, 0.2) is 0 Å². The van der Waals surface area contributed by atoms with Crippen LogP contribution in [0.1, 0.15) is 35.9 Å². The van der Waals surface area contributed by atoms with Crippen molar-refractivity contribution in [1.82, 2.24) is 14.9 Å². The lowest BCUT2D eigenvalue weighted by atomic mass is 10.2. The minimum Gasteiger partial charge on any atom is -0.337 e. The van der Waals surface area contributed by atoms with Gasteiger partial charge in [-0.05, 0) is 32.6 Å². The van der Waals surface area contributed by atoms with Crippen LogP contribution in [0.5, 0.6) is 0 Å². The van der Waals surface area contributed by atoms with Crippen LogP contribution in [0, 0.1) is 12.8 Å². The predicted octanol–water partition coefficient (Wildman–Crippen LogP) is 1.66. The van der Waals surface area contributed by atoms with Gasteiger partial charge in [-0.25, -0.2) is 4.98 Å². The first-order valence-corrected chi connectivity index (χ1v) is 5.65. The Bertz CT molecular complexity index is 384. The molecular weight excluding hydrogens is 202 g/mol. The van der Waals surface area contributed by atoms with Crippen molar-refractivity contribution < 1.29 is 4.79 Å². The molecule has 1 amide bonds. The highest BCUT2D eigenvalue weighted by molar-refractivity contribution is 5.92. The molecule has 1 heterocycles. The maximum atomic E-state index is 12.1. The Balaban J connectivity index is 2.08. The molecule has 0 bridgehead atoms. The van der Waals surface area contributed by atoms with Gasteiger partial charge >= 0.3 is 0 Å². The van der Waals surface area contributed by atoms with Crippen molar-refractivity contribution in [3.05, 3.63) is 23.8 Å². The molecule has 0 spiro atoms. The average Bonchev–Trinajstić information content (AvgIpc) is 3.11. The van der Waals surface area contributed by atoms with Crippen LogP contribution in [-0.4, -0.2) is 33.9 Å². The quantitative estimate of drug-likeness (QED) is 0.776. The molecule has 0 aromatic carbocycles. The Morgan fingerprint density at radius 3 is 2.62 bits per heavy atom. The summed E-state index contributed by atoms with van der Waals surface area (Å²) in [5.74, 6) is 0.638. The van der Waals surface area contributed by atoms with Crippen molar-refractivity contribution in [2.75, 3.05) is 7.05 Å². The molecule has 1 fully saturated rings. The van der Waals surface area contributed by atoms with E-state index >= 15 is 0 Å². The topological polar surface area (TPSA) is 46.1 Å². The van der Waals surface area contributed by atoms with E-state index in [0.717, 1.165) is 5.69 Å². The molecule has 1 atom stereocenters. The van der Waals surface area contributed by atoms with Gasteiger partial charge in [0.05, 0.1) is 11.9 Å². The van der Waals surface area contributed by atoms with Crippen LogP contribution in [-0.2, 0) is 0 Å².